The van der Waals surface area contributed by atoms with Crippen LogP contribution in [0.15, 0.2) is 0 Å². The van der Waals surface area contributed by atoms with Gasteiger partial charge in [-0.05, 0) is 19.3 Å². The number of hydrogen-bond donors (Lipinski definition) is 2. The van der Waals surface area contributed by atoms with Crippen LogP contribution in [0, 0.1) is 18.8 Å². The molecule has 138 valence electrons. The lowest BCUT2D eigenvalue weighted by molar-refractivity contribution is -0.154. The van der Waals surface area contributed by atoms with Crippen LogP contribution in [-0.2, 0) is 18.4 Å². The maximum absolute atomic E-state index is 12.3. The number of aliphatic carboxylic acids is 1. The third-order valence-electron chi connectivity index (χ3n) is 3.46. The second kappa shape index (κ2) is 8.36. The molecular weight excluding hydrogens is 327 g/mol. The fraction of sp³-hybridized carbons (Fsp3) is 0.733. The van der Waals surface area contributed by atoms with Crippen LogP contribution < -0.4 is 10.1 Å². The summed E-state index contributed by atoms with van der Waals surface area (Å²) in [7, 11) is 1.50. The first-order valence-electron chi connectivity index (χ1n) is 7.66. The number of carboxylic acid groups (broad SMARTS) is 1. The Morgan fingerprint density at radius 3 is 2.54 bits per heavy atom. The monoisotopic (exact) mass is 351 g/mol. The number of rotatable bonds is 9. The molecule has 0 saturated carbocycles. The SMILES string of the molecule is Cc1nn(C)c(OCC(F)(F)F)c1CNCC(CC(C)C)C(=O)O. The van der Waals surface area contributed by atoms with E-state index in [1.54, 1.807) is 6.92 Å². The Bertz CT molecular complexity index is 556. The first kappa shape index (κ1) is 20.3. The molecule has 0 bridgehead atoms. The van der Waals surface area contributed by atoms with Gasteiger partial charge in [0.15, 0.2) is 6.61 Å². The van der Waals surface area contributed by atoms with Crippen LogP contribution in [0.5, 0.6) is 5.88 Å². The average molecular weight is 351 g/mol. The average Bonchev–Trinajstić information content (AvgIpc) is 2.68. The largest absolute Gasteiger partial charge is 0.481 e. The Balaban J connectivity index is 2.71. The standard InChI is InChI=1S/C15H24F3N3O3/c1-9(2)5-11(14(22)23)6-19-7-12-10(3)20-21(4)13(12)24-8-15(16,17)18/h9,11,19H,5-8H2,1-4H3,(H,22,23). The summed E-state index contributed by atoms with van der Waals surface area (Å²) in [6, 6.07) is 0. The molecule has 1 atom stereocenters. The minimum Gasteiger partial charge on any atom is -0.481 e. The predicted octanol–water partition coefficient (Wildman–Crippen LogP) is 2.51. The van der Waals surface area contributed by atoms with Crippen LogP contribution in [0.1, 0.15) is 31.5 Å². The summed E-state index contributed by atoms with van der Waals surface area (Å²) in [6.07, 6.45) is -3.92. The fourth-order valence-electron chi connectivity index (χ4n) is 2.43. The van der Waals surface area contributed by atoms with Gasteiger partial charge in [0.1, 0.15) is 0 Å². The van der Waals surface area contributed by atoms with Gasteiger partial charge in [0.2, 0.25) is 5.88 Å². The molecule has 0 aliphatic rings. The van der Waals surface area contributed by atoms with Gasteiger partial charge in [-0.3, -0.25) is 4.79 Å². The summed E-state index contributed by atoms with van der Waals surface area (Å²) in [6.45, 7) is 4.55. The Kier molecular flexibility index (Phi) is 7.07. The van der Waals surface area contributed by atoms with Crippen molar-refractivity contribution in [2.24, 2.45) is 18.9 Å². The molecule has 0 aliphatic heterocycles. The number of hydrogen-bond acceptors (Lipinski definition) is 4. The second-order valence-electron chi connectivity index (χ2n) is 6.19. The highest BCUT2D eigenvalue weighted by Crippen LogP contribution is 2.24. The lowest BCUT2D eigenvalue weighted by Gasteiger charge is -2.16. The molecular formula is C15H24F3N3O3. The highest BCUT2D eigenvalue weighted by molar-refractivity contribution is 5.70. The molecule has 1 aromatic rings. The van der Waals surface area contributed by atoms with Crippen molar-refractivity contribution in [2.75, 3.05) is 13.2 Å². The second-order valence-corrected chi connectivity index (χ2v) is 6.19. The molecule has 1 aromatic heterocycles. The molecule has 24 heavy (non-hydrogen) atoms. The van der Waals surface area contributed by atoms with Crippen molar-refractivity contribution in [3.8, 4) is 5.88 Å². The van der Waals surface area contributed by atoms with E-state index in [1.165, 1.54) is 11.7 Å². The minimum absolute atomic E-state index is 0.0352. The van der Waals surface area contributed by atoms with Gasteiger partial charge in [-0.15, -0.1) is 0 Å². The quantitative estimate of drug-likeness (QED) is 0.715. The number of carbonyl (C=O) groups is 1. The van der Waals surface area contributed by atoms with Gasteiger partial charge in [-0.1, -0.05) is 13.8 Å². The molecule has 1 rings (SSSR count). The third-order valence-corrected chi connectivity index (χ3v) is 3.46. The maximum atomic E-state index is 12.3. The Labute approximate surface area is 139 Å². The highest BCUT2D eigenvalue weighted by atomic mass is 19.4. The van der Waals surface area contributed by atoms with Crippen molar-refractivity contribution >= 4 is 5.97 Å². The minimum atomic E-state index is -4.44. The van der Waals surface area contributed by atoms with E-state index in [0.29, 0.717) is 17.7 Å². The van der Waals surface area contributed by atoms with E-state index in [9.17, 15) is 23.1 Å². The molecule has 2 N–H and O–H groups in total. The van der Waals surface area contributed by atoms with Crippen LogP contribution in [0.3, 0.4) is 0 Å². The van der Waals surface area contributed by atoms with Gasteiger partial charge in [0, 0.05) is 20.1 Å². The van der Waals surface area contributed by atoms with E-state index in [1.807, 2.05) is 13.8 Å². The molecule has 0 fully saturated rings. The van der Waals surface area contributed by atoms with E-state index < -0.39 is 24.7 Å². The first-order valence-corrected chi connectivity index (χ1v) is 7.66. The fourth-order valence-corrected chi connectivity index (χ4v) is 2.43. The number of halogens is 3. The molecule has 9 heteroatoms. The summed E-state index contributed by atoms with van der Waals surface area (Å²) in [4.78, 5) is 11.2. The summed E-state index contributed by atoms with van der Waals surface area (Å²) in [5.74, 6) is -1.18. The molecule has 0 radical (unpaired) electrons. The van der Waals surface area contributed by atoms with Gasteiger partial charge >= 0.3 is 12.1 Å². The number of alkyl halides is 3. The van der Waals surface area contributed by atoms with E-state index >= 15 is 0 Å². The molecule has 1 heterocycles. The van der Waals surface area contributed by atoms with Crippen molar-refractivity contribution < 1.29 is 27.8 Å². The van der Waals surface area contributed by atoms with Crippen LogP contribution >= 0.6 is 0 Å². The molecule has 0 amide bonds. The lowest BCUT2D eigenvalue weighted by atomic mass is 9.97. The summed E-state index contributed by atoms with van der Waals surface area (Å²) >= 11 is 0. The first-order chi connectivity index (χ1) is 11.0. The van der Waals surface area contributed by atoms with Crippen molar-refractivity contribution in [1.29, 1.82) is 0 Å². The van der Waals surface area contributed by atoms with Gasteiger partial charge in [-0.2, -0.15) is 18.3 Å². The number of aromatic nitrogens is 2. The smallest absolute Gasteiger partial charge is 0.422 e. The number of carboxylic acids is 1. The topological polar surface area (TPSA) is 76.4 Å². The number of nitrogens with zero attached hydrogens (tertiary/aromatic N) is 2. The molecule has 0 aromatic carbocycles. The molecule has 0 spiro atoms. The van der Waals surface area contributed by atoms with Crippen molar-refractivity contribution in [3.63, 3.8) is 0 Å². The maximum Gasteiger partial charge on any atom is 0.422 e. The van der Waals surface area contributed by atoms with Crippen LogP contribution in [-0.4, -0.2) is 40.2 Å². The van der Waals surface area contributed by atoms with Crippen LogP contribution in [0.2, 0.25) is 0 Å². The number of ether oxygens (including phenoxy) is 1. The predicted molar refractivity (Wildman–Crippen MR) is 81.8 cm³/mol. The van der Waals surface area contributed by atoms with E-state index in [-0.39, 0.29) is 24.9 Å². The summed E-state index contributed by atoms with van der Waals surface area (Å²) < 4.78 is 43.1. The van der Waals surface area contributed by atoms with Crippen molar-refractivity contribution in [3.05, 3.63) is 11.3 Å². The number of nitrogens with one attached hydrogen (secondary N) is 1. The Morgan fingerprint density at radius 2 is 2.04 bits per heavy atom. The summed E-state index contributed by atoms with van der Waals surface area (Å²) in [5.41, 5.74) is 1.04. The zero-order valence-corrected chi connectivity index (χ0v) is 14.3. The zero-order chi connectivity index (χ0) is 18.5. The summed E-state index contributed by atoms with van der Waals surface area (Å²) in [5, 5.41) is 16.2. The third kappa shape index (κ3) is 6.38. The highest BCUT2D eigenvalue weighted by Gasteiger charge is 2.30. The molecule has 0 aliphatic carbocycles. The Morgan fingerprint density at radius 1 is 1.42 bits per heavy atom. The normalized spacial score (nSPS) is 13.3. The van der Waals surface area contributed by atoms with Gasteiger partial charge < -0.3 is 15.2 Å². The van der Waals surface area contributed by atoms with Gasteiger partial charge in [-0.25, -0.2) is 4.68 Å². The van der Waals surface area contributed by atoms with Gasteiger partial charge in [0.05, 0.1) is 17.2 Å². The van der Waals surface area contributed by atoms with E-state index in [2.05, 4.69) is 10.4 Å². The number of aryl methyl sites for hydroxylation is 2. The molecule has 0 saturated heterocycles. The van der Waals surface area contributed by atoms with Crippen LogP contribution in [0.25, 0.3) is 0 Å². The van der Waals surface area contributed by atoms with Crippen molar-refractivity contribution in [1.82, 2.24) is 15.1 Å². The lowest BCUT2D eigenvalue weighted by Crippen LogP contribution is -2.29. The van der Waals surface area contributed by atoms with E-state index in [0.717, 1.165) is 0 Å². The van der Waals surface area contributed by atoms with Gasteiger partial charge in [0.25, 0.3) is 0 Å². The Hall–Kier alpha value is -1.77. The van der Waals surface area contributed by atoms with Crippen LogP contribution in [0.4, 0.5) is 13.2 Å². The molecule has 1 unspecified atom stereocenters. The molecule has 6 nitrogen and oxygen atoms in total. The van der Waals surface area contributed by atoms with E-state index in [4.69, 9.17) is 4.74 Å². The van der Waals surface area contributed by atoms with Crippen molar-refractivity contribution in [2.45, 2.75) is 39.9 Å². The zero-order valence-electron chi connectivity index (χ0n) is 14.3.